The summed E-state index contributed by atoms with van der Waals surface area (Å²) in [7, 11) is 3.26. The second kappa shape index (κ2) is 11.9. The molecule has 8 heteroatoms. The highest BCUT2D eigenvalue weighted by Crippen LogP contribution is 2.18. The summed E-state index contributed by atoms with van der Waals surface area (Å²) in [6.07, 6.45) is 3.72. The van der Waals surface area contributed by atoms with Gasteiger partial charge in [-0.05, 0) is 37.1 Å². The molecule has 1 aromatic rings. The number of aliphatic hydroxyl groups is 1. The summed E-state index contributed by atoms with van der Waals surface area (Å²) in [5, 5.41) is 13.9. The summed E-state index contributed by atoms with van der Waals surface area (Å²) >= 11 is 0. The summed E-state index contributed by atoms with van der Waals surface area (Å²) in [5.74, 6) is 0.261. The van der Waals surface area contributed by atoms with Crippen LogP contribution in [0.15, 0.2) is 46.1 Å². The molecule has 3 rings (SSSR count). The molecule has 8 nitrogen and oxygen atoms in total. The molecule has 2 aliphatic rings. The standard InChI is InChI=1S/C24H35N5O3/c1-25-22(14-23(26-2)27-20-9-12-32-13-10-20)24(31)28(3)16-21(30)17-29-11-8-18-6-4-5-7-19(18)15-29/h4-7,14,20-21,27,30H,2,8-13,15-17H2,1,3H3/b23-14+,25-22+/t21-/m0/s1. The molecule has 174 valence electrons. The van der Waals surface area contributed by atoms with Gasteiger partial charge in [0.05, 0.1) is 6.10 Å². The molecule has 0 aliphatic carbocycles. The average molecular weight is 442 g/mol. The lowest BCUT2D eigenvalue weighted by molar-refractivity contribution is -0.124. The van der Waals surface area contributed by atoms with Gasteiger partial charge in [0.25, 0.3) is 5.91 Å². The van der Waals surface area contributed by atoms with Crippen LogP contribution in [0.1, 0.15) is 24.0 Å². The minimum Gasteiger partial charge on any atom is -0.390 e. The SMILES string of the molecule is C=N/C(=C\C(=N/C)C(=O)N(C)C[C@H](O)CN1CCc2ccccc2C1)NC1CCOCC1. The van der Waals surface area contributed by atoms with Gasteiger partial charge in [-0.15, -0.1) is 0 Å². The lowest BCUT2D eigenvalue weighted by Crippen LogP contribution is -2.44. The third-order valence-corrected chi connectivity index (χ3v) is 5.99. The van der Waals surface area contributed by atoms with Crippen molar-refractivity contribution in [3.63, 3.8) is 0 Å². The maximum Gasteiger partial charge on any atom is 0.271 e. The van der Waals surface area contributed by atoms with Crippen LogP contribution in [-0.4, -0.2) is 92.3 Å². The van der Waals surface area contributed by atoms with Crippen LogP contribution in [0.3, 0.4) is 0 Å². The number of aliphatic imine (C=N–C) groups is 2. The fraction of sp³-hybridized carbons (Fsp3) is 0.542. The van der Waals surface area contributed by atoms with Crippen LogP contribution >= 0.6 is 0 Å². The van der Waals surface area contributed by atoms with Crippen molar-refractivity contribution in [1.29, 1.82) is 0 Å². The molecule has 0 radical (unpaired) electrons. The maximum absolute atomic E-state index is 12.9. The number of likely N-dealkylation sites (N-methyl/N-ethyl adjacent to an activating group) is 1. The second-order valence-corrected chi connectivity index (χ2v) is 8.42. The van der Waals surface area contributed by atoms with Crippen molar-refractivity contribution in [3.05, 3.63) is 47.3 Å². The molecule has 32 heavy (non-hydrogen) atoms. The van der Waals surface area contributed by atoms with Crippen LogP contribution in [0, 0.1) is 0 Å². The smallest absolute Gasteiger partial charge is 0.271 e. The number of fused-ring (bicyclic) bond motifs is 1. The largest absolute Gasteiger partial charge is 0.390 e. The predicted molar refractivity (Wildman–Crippen MR) is 127 cm³/mol. The third kappa shape index (κ3) is 6.72. The first-order valence-electron chi connectivity index (χ1n) is 11.2. The van der Waals surface area contributed by atoms with E-state index in [1.165, 1.54) is 16.0 Å². The van der Waals surface area contributed by atoms with E-state index in [2.05, 4.69) is 45.1 Å². The number of aliphatic hydroxyl groups excluding tert-OH is 1. The molecular weight excluding hydrogens is 406 g/mol. The van der Waals surface area contributed by atoms with Crippen LogP contribution in [-0.2, 0) is 22.5 Å². The first-order valence-corrected chi connectivity index (χ1v) is 11.2. The fourth-order valence-electron chi connectivity index (χ4n) is 4.20. The van der Waals surface area contributed by atoms with E-state index in [0.29, 0.717) is 25.6 Å². The number of nitrogens with one attached hydrogen (secondary N) is 1. The van der Waals surface area contributed by atoms with Gasteiger partial charge in [0.2, 0.25) is 0 Å². The molecule has 1 saturated heterocycles. The molecule has 2 N–H and O–H groups in total. The van der Waals surface area contributed by atoms with E-state index in [1.54, 1.807) is 20.2 Å². The molecule has 1 amide bonds. The minimum absolute atomic E-state index is 0.230. The molecule has 0 saturated carbocycles. The zero-order chi connectivity index (χ0) is 22.9. The van der Waals surface area contributed by atoms with Gasteiger partial charge < -0.3 is 20.1 Å². The van der Waals surface area contributed by atoms with Crippen molar-refractivity contribution < 1.29 is 14.6 Å². The number of carbonyl (C=O) groups excluding carboxylic acids is 1. The molecule has 1 fully saturated rings. The first kappa shape index (κ1) is 24.1. The van der Waals surface area contributed by atoms with Crippen molar-refractivity contribution in [2.75, 3.05) is 46.9 Å². The monoisotopic (exact) mass is 441 g/mol. The third-order valence-electron chi connectivity index (χ3n) is 5.99. The summed E-state index contributed by atoms with van der Waals surface area (Å²) < 4.78 is 5.38. The molecule has 1 aromatic carbocycles. The molecule has 2 heterocycles. The van der Waals surface area contributed by atoms with E-state index in [1.807, 2.05) is 6.07 Å². The average Bonchev–Trinajstić information content (AvgIpc) is 2.81. The van der Waals surface area contributed by atoms with E-state index in [4.69, 9.17) is 4.74 Å². The van der Waals surface area contributed by atoms with Gasteiger partial charge in [0.15, 0.2) is 0 Å². The van der Waals surface area contributed by atoms with Crippen LogP contribution in [0.4, 0.5) is 0 Å². The summed E-state index contributed by atoms with van der Waals surface area (Å²) in [4.78, 5) is 24.8. The number of benzene rings is 1. The number of hydrogen-bond acceptors (Lipinski definition) is 7. The quantitative estimate of drug-likeness (QED) is 0.563. The van der Waals surface area contributed by atoms with Crippen molar-refractivity contribution in [3.8, 4) is 0 Å². The van der Waals surface area contributed by atoms with Crippen molar-refractivity contribution in [1.82, 2.24) is 15.1 Å². The highest BCUT2D eigenvalue weighted by molar-refractivity contribution is 6.43. The Kier molecular flexibility index (Phi) is 8.96. The van der Waals surface area contributed by atoms with E-state index in [0.717, 1.165) is 32.4 Å². The molecule has 1 atom stereocenters. The zero-order valence-corrected chi connectivity index (χ0v) is 19.2. The Hall–Kier alpha value is -2.55. The Balaban J connectivity index is 1.53. The summed E-state index contributed by atoms with van der Waals surface area (Å²) in [6.45, 7) is 7.50. The Bertz CT molecular complexity index is 848. The Morgan fingerprint density at radius 3 is 2.78 bits per heavy atom. The van der Waals surface area contributed by atoms with E-state index in [-0.39, 0.29) is 24.2 Å². The van der Waals surface area contributed by atoms with E-state index >= 15 is 0 Å². The van der Waals surface area contributed by atoms with Gasteiger partial charge >= 0.3 is 0 Å². The van der Waals surface area contributed by atoms with Gasteiger partial charge in [0, 0.05) is 65.6 Å². The van der Waals surface area contributed by atoms with Gasteiger partial charge in [-0.3, -0.25) is 14.7 Å². The summed E-state index contributed by atoms with van der Waals surface area (Å²) in [5.41, 5.74) is 2.96. The van der Waals surface area contributed by atoms with Gasteiger partial charge in [-0.1, -0.05) is 24.3 Å². The molecule has 0 aromatic heterocycles. The molecule has 0 spiro atoms. The predicted octanol–water partition coefficient (Wildman–Crippen LogP) is 1.25. The molecule has 2 aliphatic heterocycles. The number of amides is 1. The number of nitrogens with zero attached hydrogens (tertiary/aromatic N) is 4. The Labute approximate surface area is 190 Å². The van der Waals surface area contributed by atoms with Crippen LogP contribution < -0.4 is 5.32 Å². The highest BCUT2D eigenvalue weighted by atomic mass is 16.5. The molecule has 0 bridgehead atoms. The van der Waals surface area contributed by atoms with Crippen molar-refractivity contribution in [2.24, 2.45) is 9.98 Å². The van der Waals surface area contributed by atoms with Crippen molar-refractivity contribution >= 4 is 18.3 Å². The Morgan fingerprint density at radius 1 is 1.38 bits per heavy atom. The summed E-state index contributed by atoms with van der Waals surface area (Å²) in [6, 6.07) is 8.66. The number of β-amino-alcohol motifs (C(OH)–C–C–N with tert-alkyl or cyclic N) is 1. The van der Waals surface area contributed by atoms with E-state index < -0.39 is 6.10 Å². The lowest BCUT2D eigenvalue weighted by Gasteiger charge is -2.31. The van der Waals surface area contributed by atoms with Gasteiger partial charge in [0.1, 0.15) is 11.5 Å². The van der Waals surface area contributed by atoms with Crippen LogP contribution in [0.5, 0.6) is 0 Å². The number of hydrogen-bond donors (Lipinski definition) is 2. The van der Waals surface area contributed by atoms with Crippen LogP contribution in [0.2, 0.25) is 0 Å². The number of ether oxygens (including phenoxy) is 1. The van der Waals surface area contributed by atoms with Crippen molar-refractivity contribution in [2.45, 2.75) is 38.0 Å². The fourth-order valence-corrected chi connectivity index (χ4v) is 4.20. The zero-order valence-electron chi connectivity index (χ0n) is 19.2. The number of carbonyl (C=O) groups is 1. The maximum atomic E-state index is 12.9. The molecular formula is C24H35N5O3. The minimum atomic E-state index is -0.645. The first-order chi connectivity index (χ1) is 15.5. The van der Waals surface area contributed by atoms with Gasteiger partial charge in [-0.25, -0.2) is 4.99 Å². The Morgan fingerprint density at radius 2 is 2.09 bits per heavy atom. The molecule has 0 unspecified atom stereocenters. The van der Waals surface area contributed by atoms with E-state index in [9.17, 15) is 9.90 Å². The normalized spacial score (nSPS) is 19.2. The second-order valence-electron chi connectivity index (χ2n) is 8.42. The lowest BCUT2D eigenvalue weighted by atomic mass is 10.00. The van der Waals surface area contributed by atoms with Gasteiger partial charge in [-0.2, -0.15) is 0 Å². The van der Waals surface area contributed by atoms with Crippen LogP contribution in [0.25, 0.3) is 0 Å². The highest BCUT2D eigenvalue weighted by Gasteiger charge is 2.22. The number of rotatable bonds is 9. The topological polar surface area (TPSA) is 89.8 Å².